The number of amides is 2. The quantitative estimate of drug-likeness (QED) is 0.398. The van der Waals surface area contributed by atoms with Crippen molar-refractivity contribution in [2.45, 2.75) is 62.9 Å². The molecule has 1 saturated carbocycles. The number of carbonyl (C=O) groups is 2. The number of nitrogens with one attached hydrogen (secondary N) is 1. The molecule has 2 amide bonds. The summed E-state index contributed by atoms with van der Waals surface area (Å²) in [6.45, 7) is 2.55. The van der Waals surface area contributed by atoms with Gasteiger partial charge in [-0.2, -0.15) is 0 Å². The molecule has 0 saturated heterocycles. The highest BCUT2D eigenvalue weighted by molar-refractivity contribution is 7.92. The fraction of sp³-hybridized carbons (Fsp3) is 0.556. The van der Waals surface area contributed by atoms with Crippen LogP contribution in [-0.4, -0.2) is 80.2 Å². The molecule has 4 aliphatic rings. The molecule has 2 bridgehead atoms. The molecule has 254 valence electrons. The number of hydrogen-bond acceptors (Lipinski definition) is 7. The zero-order valence-electron chi connectivity index (χ0n) is 27.7. The summed E-state index contributed by atoms with van der Waals surface area (Å²) in [6.07, 6.45) is 10.7. The zero-order valence-corrected chi connectivity index (χ0v) is 29.3. The highest BCUT2D eigenvalue weighted by atomic mass is 35.5. The molecule has 0 aromatic heterocycles. The Hall–Kier alpha value is -2.92. The van der Waals surface area contributed by atoms with Crippen LogP contribution in [0.15, 0.2) is 52.9 Å². The van der Waals surface area contributed by atoms with Crippen LogP contribution in [0.3, 0.4) is 0 Å². The van der Waals surface area contributed by atoms with Gasteiger partial charge in [-0.25, -0.2) is 4.21 Å². The number of fused-ring (bicyclic) bond motifs is 4. The van der Waals surface area contributed by atoms with Crippen LogP contribution < -0.4 is 14.4 Å². The molecule has 2 heterocycles. The van der Waals surface area contributed by atoms with E-state index in [0.717, 1.165) is 61.7 Å². The maximum atomic E-state index is 14.1. The molecule has 1 N–H and O–H groups in total. The number of aryl methyl sites for hydroxylation is 1. The lowest BCUT2D eigenvalue weighted by Gasteiger charge is -2.46. The van der Waals surface area contributed by atoms with E-state index in [1.165, 1.54) is 11.1 Å². The number of methoxy groups -OCH3 is 1. The third-order valence-electron chi connectivity index (χ3n) is 10.3. The summed E-state index contributed by atoms with van der Waals surface area (Å²) in [5.74, 6) is 0.580. The minimum absolute atomic E-state index is 0.0245. The van der Waals surface area contributed by atoms with Crippen LogP contribution in [0.25, 0.3) is 0 Å². The number of anilines is 1. The van der Waals surface area contributed by atoms with Gasteiger partial charge in [-0.05, 0) is 112 Å². The third-order valence-corrected chi connectivity index (χ3v) is 12.4. The predicted molar refractivity (Wildman–Crippen MR) is 187 cm³/mol. The molecule has 2 aliphatic carbocycles. The second-order valence-electron chi connectivity index (χ2n) is 13.9. The molecule has 5 atom stereocenters. The van der Waals surface area contributed by atoms with Crippen LogP contribution in [-0.2, 0) is 31.3 Å². The Labute approximate surface area is 284 Å². The van der Waals surface area contributed by atoms with E-state index in [2.05, 4.69) is 38.3 Å². The number of hydrogen-bond donors (Lipinski definition) is 1. The van der Waals surface area contributed by atoms with Crippen LogP contribution in [0.4, 0.5) is 5.69 Å². The van der Waals surface area contributed by atoms with Crippen molar-refractivity contribution in [1.29, 1.82) is 0 Å². The van der Waals surface area contributed by atoms with E-state index in [4.69, 9.17) is 21.1 Å². The van der Waals surface area contributed by atoms with Gasteiger partial charge in [-0.3, -0.25) is 14.3 Å². The summed E-state index contributed by atoms with van der Waals surface area (Å²) in [4.78, 5) is 30.8. The van der Waals surface area contributed by atoms with E-state index >= 15 is 0 Å². The second-order valence-corrected chi connectivity index (χ2v) is 16.4. The highest BCUT2D eigenvalue weighted by Crippen LogP contribution is 2.47. The summed E-state index contributed by atoms with van der Waals surface area (Å²) in [5.41, 5.74) is 3.49. The van der Waals surface area contributed by atoms with Gasteiger partial charge in [0.05, 0.1) is 24.2 Å². The van der Waals surface area contributed by atoms with E-state index in [1.807, 2.05) is 37.2 Å². The Kier molecular flexibility index (Phi) is 10.3. The normalized spacial score (nSPS) is 29.9. The van der Waals surface area contributed by atoms with Gasteiger partial charge in [0.25, 0.3) is 5.91 Å². The standard InChI is InChI=1S/C36H47ClN4O5S/c1-40(2)18-16-34(42)38-47(44)19-6-4-5-9-32(45-3)29-13-10-27(29)22-41-23-36(17-7-8-25-20-28(37)12-14-30(25)36)24-46-33-15-11-26(21-31(33)41)35(43)39-47/h5,9,11-12,14-15,20-21,27,29,32H,4,6-8,10,13,16-19,22-24H2,1-3H3,(H,38,39,42,43,44)/b9-5+/t27-,29+,32-,36-,47?/m0/s1. The van der Waals surface area contributed by atoms with E-state index in [-0.39, 0.29) is 29.6 Å². The summed E-state index contributed by atoms with van der Waals surface area (Å²) < 4.78 is 33.5. The topological polar surface area (TPSA) is 101 Å². The molecule has 2 aliphatic heterocycles. The van der Waals surface area contributed by atoms with Crippen LogP contribution in [0, 0.1) is 11.8 Å². The van der Waals surface area contributed by atoms with Crippen molar-refractivity contribution in [1.82, 2.24) is 9.62 Å². The molecule has 0 radical (unpaired) electrons. The lowest BCUT2D eigenvalue weighted by Crippen LogP contribution is -2.49. The number of allylic oxidation sites excluding steroid dienone is 1. The fourth-order valence-electron chi connectivity index (χ4n) is 7.67. The van der Waals surface area contributed by atoms with Crippen molar-refractivity contribution in [3.8, 4) is 5.75 Å². The van der Waals surface area contributed by atoms with Gasteiger partial charge in [0, 0.05) is 49.2 Å². The number of benzene rings is 2. The van der Waals surface area contributed by atoms with E-state index < -0.39 is 15.8 Å². The van der Waals surface area contributed by atoms with Crippen molar-refractivity contribution < 1.29 is 23.3 Å². The Bertz CT molecular complexity index is 1650. The van der Waals surface area contributed by atoms with E-state index in [0.29, 0.717) is 43.4 Å². The van der Waals surface area contributed by atoms with Crippen molar-refractivity contribution in [2.24, 2.45) is 16.2 Å². The van der Waals surface area contributed by atoms with Crippen molar-refractivity contribution in [2.75, 3.05) is 58.1 Å². The molecule has 6 rings (SSSR count). The molecule has 11 heteroatoms. The van der Waals surface area contributed by atoms with Crippen molar-refractivity contribution in [3.63, 3.8) is 0 Å². The molecule has 2 aromatic rings. The van der Waals surface area contributed by atoms with Crippen molar-refractivity contribution in [3.05, 3.63) is 70.3 Å². The smallest absolute Gasteiger partial charge is 0.286 e. The predicted octanol–water partition coefficient (Wildman–Crippen LogP) is 5.80. The number of ether oxygens (including phenoxy) is 2. The maximum Gasteiger partial charge on any atom is 0.286 e. The lowest BCUT2D eigenvalue weighted by molar-refractivity contribution is -0.119. The molecule has 1 spiro atoms. The first kappa shape index (κ1) is 34.0. The zero-order chi connectivity index (χ0) is 33.2. The molecular formula is C36H47ClN4O5S. The number of carbonyl (C=O) groups excluding carboxylic acids is 2. The third kappa shape index (κ3) is 7.56. The monoisotopic (exact) mass is 682 g/mol. The summed E-state index contributed by atoms with van der Waals surface area (Å²) in [6, 6.07) is 11.6. The molecule has 47 heavy (non-hydrogen) atoms. The summed E-state index contributed by atoms with van der Waals surface area (Å²) in [7, 11) is 2.15. The van der Waals surface area contributed by atoms with Gasteiger partial charge >= 0.3 is 0 Å². The Morgan fingerprint density at radius 1 is 1.21 bits per heavy atom. The van der Waals surface area contributed by atoms with E-state index in [9.17, 15) is 13.8 Å². The van der Waals surface area contributed by atoms with Gasteiger partial charge in [0.2, 0.25) is 5.91 Å². The van der Waals surface area contributed by atoms with Gasteiger partial charge in [0.15, 0.2) is 0 Å². The fourth-order valence-corrected chi connectivity index (χ4v) is 9.49. The SMILES string of the molecule is CO[C@H]1/C=C/CCCS(=O)(NC(=O)CCN(C)C)=NC(=O)c2ccc3c(c2)N(C[C@@H]2CC[C@H]21)C[C@@]1(CCCc2cc(Cl)ccc21)CO3. The second kappa shape index (κ2) is 14.3. The van der Waals surface area contributed by atoms with Crippen molar-refractivity contribution >= 4 is 39.0 Å². The molecule has 9 nitrogen and oxygen atoms in total. The van der Waals surface area contributed by atoms with Crippen LogP contribution >= 0.6 is 11.6 Å². The first-order valence-corrected chi connectivity index (χ1v) is 18.9. The largest absolute Gasteiger partial charge is 0.490 e. The van der Waals surface area contributed by atoms with Gasteiger partial charge in [-0.1, -0.05) is 29.8 Å². The Balaban J connectivity index is 1.40. The van der Waals surface area contributed by atoms with Crippen LogP contribution in [0.2, 0.25) is 5.02 Å². The molecule has 1 fully saturated rings. The summed E-state index contributed by atoms with van der Waals surface area (Å²) >= 11 is 6.44. The van der Waals surface area contributed by atoms with Gasteiger partial charge < -0.3 is 19.3 Å². The number of rotatable bonds is 5. The Morgan fingerprint density at radius 2 is 2.06 bits per heavy atom. The Morgan fingerprint density at radius 3 is 2.83 bits per heavy atom. The number of halogens is 1. The first-order valence-electron chi connectivity index (χ1n) is 16.8. The summed E-state index contributed by atoms with van der Waals surface area (Å²) in [5, 5.41) is 0.747. The minimum Gasteiger partial charge on any atom is -0.490 e. The van der Waals surface area contributed by atoms with Crippen LogP contribution in [0.5, 0.6) is 5.75 Å². The molecular weight excluding hydrogens is 636 g/mol. The average molecular weight is 683 g/mol. The minimum atomic E-state index is -3.35. The van der Waals surface area contributed by atoms with Crippen LogP contribution in [0.1, 0.15) is 66.4 Å². The highest BCUT2D eigenvalue weighted by Gasteiger charge is 2.44. The maximum absolute atomic E-state index is 14.1. The molecule has 2 aromatic carbocycles. The first-order chi connectivity index (χ1) is 22.6. The van der Waals surface area contributed by atoms with Gasteiger partial charge in [0.1, 0.15) is 15.7 Å². The van der Waals surface area contributed by atoms with Gasteiger partial charge in [-0.15, -0.1) is 4.36 Å². The number of nitrogens with zero attached hydrogens (tertiary/aromatic N) is 3. The average Bonchev–Trinajstić information content (AvgIpc) is 3.17. The van der Waals surface area contributed by atoms with E-state index in [1.54, 1.807) is 13.2 Å². The lowest BCUT2D eigenvalue weighted by atomic mass is 9.68. The molecule has 1 unspecified atom stereocenters.